The number of furan rings is 1. The molecule has 0 unspecified atom stereocenters. The Kier molecular flexibility index (Phi) is 6.86. The first-order valence-electron chi connectivity index (χ1n) is 11.0. The quantitative estimate of drug-likeness (QED) is 0.584. The largest absolute Gasteiger partial charge is 0.449 e. The Hall–Kier alpha value is -3.89. The molecule has 3 aromatic rings. The molecule has 7 nitrogen and oxygen atoms in total. The van der Waals surface area contributed by atoms with Crippen LogP contribution in [0.3, 0.4) is 0 Å². The van der Waals surface area contributed by atoms with Crippen LogP contribution in [0, 0.1) is 11.3 Å². The van der Waals surface area contributed by atoms with Gasteiger partial charge in [-0.3, -0.25) is 9.59 Å². The van der Waals surface area contributed by atoms with Gasteiger partial charge in [0.25, 0.3) is 0 Å². The second kappa shape index (κ2) is 10.2. The molecular weight excluding hydrogens is 416 g/mol. The Balaban J connectivity index is 1.50. The van der Waals surface area contributed by atoms with Crippen molar-refractivity contribution in [1.29, 1.82) is 5.26 Å². The number of nitrogens with zero attached hydrogens (tertiary/aromatic N) is 2. The van der Waals surface area contributed by atoms with Crippen molar-refractivity contribution in [2.45, 2.75) is 37.4 Å². The van der Waals surface area contributed by atoms with Gasteiger partial charge in [0.2, 0.25) is 17.6 Å². The summed E-state index contributed by atoms with van der Waals surface area (Å²) in [6.07, 6.45) is 1.31. The minimum Gasteiger partial charge on any atom is -0.449 e. The molecule has 1 aromatic heterocycles. The molecule has 0 aliphatic carbocycles. The highest BCUT2D eigenvalue weighted by molar-refractivity contribution is 5.91. The monoisotopic (exact) mass is 442 g/mol. The first-order chi connectivity index (χ1) is 16.1. The number of hydrogen-bond donors (Lipinski definition) is 2. The van der Waals surface area contributed by atoms with Crippen LogP contribution < -0.4 is 11.1 Å². The molecule has 1 aliphatic rings. The third-order valence-corrected chi connectivity index (χ3v) is 6.01. The summed E-state index contributed by atoms with van der Waals surface area (Å²) in [5, 5.41) is 11.7. The third kappa shape index (κ3) is 4.97. The molecule has 2 heterocycles. The predicted molar refractivity (Wildman–Crippen MR) is 123 cm³/mol. The minimum atomic E-state index is -0.827. The van der Waals surface area contributed by atoms with Crippen molar-refractivity contribution >= 4 is 11.8 Å². The average molecular weight is 443 g/mol. The molecule has 7 heteroatoms. The highest BCUT2D eigenvalue weighted by Gasteiger charge is 2.39. The highest BCUT2D eigenvalue weighted by atomic mass is 16.3. The SMILES string of the molecule is N#Cc1ccc(CNC(=O)[C@@H]2CCCN2C(=O)[C@H](N)C(c2ccccc2)c2ccccc2)o1. The molecule has 168 valence electrons. The molecule has 2 amide bonds. The van der Waals surface area contributed by atoms with E-state index in [1.54, 1.807) is 17.0 Å². The standard InChI is InChI=1S/C26H26N4O3/c27-16-20-13-14-21(33-20)17-29-25(31)22-12-7-15-30(22)26(32)24(28)23(18-8-3-1-4-9-18)19-10-5-2-6-11-19/h1-6,8-11,13-14,22-24H,7,12,15,17,28H2,(H,29,31)/t22-,24+/m0/s1. The van der Waals surface area contributed by atoms with E-state index in [-0.39, 0.29) is 30.0 Å². The van der Waals surface area contributed by atoms with Gasteiger partial charge in [-0.1, -0.05) is 60.7 Å². The lowest BCUT2D eigenvalue weighted by Gasteiger charge is -2.31. The number of nitrogens with one attached hydrogen (secondary N) is 1. The first-order valence-corrected chi connectivity index (χ1v) is 11.0. The maximum absolute atomic E-state index is 13.5. The maximum atomic E-state index is 13.5. The Bertz CT molecular complexity index is 1100. The highest BCUT2D eigenvalue weighted by Crippen LogP contribution is 2.30. The van der Waals surface area contributed by atoms with E-state index in [1.165, 1.54) is 0 Å². The van der Waals surface area contributed by atoms with Gasteiger partial charge >= 0.3 is 0 Å². The van der Waals surface area contributed by atoms with Crippen LogP contribution in [0.1, 0.15) is 41.4 Å². The van der Waals surface area contributed by atoms with Crippen molar-refractivity contribution in [3.8, 4) is 6.07 Å². The molecule has 0 saturated carbocycles. The third-order valence-electron chi connectivity index (χ3n) is 6.01. The zero-order valence-corrected chi connectivity index (χ0v) is 18.2. The van der Waals surface area contributed by atoms with Crippen LogP contribution in [0.25, 0.3) is 0 Å². The van der Waals surface area contributed by atoms with Crippen LogP contribution >= 0.6 is 0 Å². The van der Waals surface area contributed by atoms with E-state index in [4.69, 9.17) is 15.4 Å². The smallest absolute Gasteiger partial charge is 0.243 e. The number of benzene rings is 2. The number of carbonyl (C=O) groups is 2. The van der Waals surface area contributed by atoms with Gasteiger partial charge in [0.05, 0.1) is 12.6 Å². The fourth-order valence-corrected chi connectivity index (χ4v) is 4.39. The molecular formula is C26H26N4O3. The topological polar surface area (TPSA) is 112 Å². The number of nitriles is 1. The molecule has 3 N–H and O–H groups in total. The zero-order chi connectivity index (χ0) is 23.2. The van der Waals surface area contributed by atoms with Crippen molar-refractivity contribution in [2.24, 2.45) is 5.73 Å². The second-order valence-electron chi connectivity index (χ2n) is 8.11. The van der Waals surface area contributed by atoms with Crippen LogP contribution in [0.4, 0.5) is 0 Å². The van der Waals surface area contributed by atoms with Gasteiger partial charge in [-0.25, -0.2) is 0 Å². The zero-order valence-electron chi connectivity index (χ0n) is 18.2. The summed E-state index contributed by atoms with van der Waals surface area (Å²) >= 11 is 0. The van der Waals surface area contributed by atoms with Crippen LogP contribution in [0.5, 0.6) is 0 Å². The van der Waals surface area contributed by atoms with Crippen LogP contribution in [-0.4, -0.2) is 35.3 Å². The number of hydrogen-bond acceptors (Lipinski definition) is 5. The molecule has 4 rings (SSSR count). The molecule has 0 spiro atoms. The number of amides is 2. The maximum Gasteiger partial charge on any atom is 0.243 e. The summed E-state index contributed by atoms with van der Waals surface area (Å²) in [6, 6.07) is 23.2. The van der Waals surface area contributed by atoms with Crippen LogP contribution in [-0.2, 0) is 16.1 Å². The molecule has 1 fully saturated rings. The Morgan fingerprint density at radius 3 is 2.27 bits per heavy atom. The predicted octanol–water partition coefficient (Wildman–Crippen LogP) is 2.92. The molecule has 33 heavy (non-hydrogen) atoms. The van der Waals surface area contributed by atoms with E-state index in [2.05, 4.69) is 5.32 Å². The van der Waals surface area contributed by atoms with Gasteiger partial charge in [-0.2, -0.15) is 5.26 Å². The van der Waals surface area contributed by atoms with E-state index < -0.39 is 12.1 Å². The molecule has 1 aliphatic heterocycles. The van der Waals surface area contributed by atoms with E-state index >= 15 is 0 Å². The van der Waals surface area contributed by atoms with Gasteiger partial charge < -0.3 is 20.4 Å². The molecule has 2 atom stereocenters. The van der Waals surface area contributed by atoms with Crippen LogP contribution in [0.15, 0.2) is 77.2 Å². The lowest BCUT2D eigenvalue weighted by Crippen LogP contribution is -2.52. The number of carbonyl (C=O) groups excluding carboxylic acids is 2. The van der Waals surface area contributed by atoms with E-state index in [0.29, 0.717) is 18.7 Å². The summed E-state index contributed by atoms with van der Waals surface area (Å²) in [5.74, 6) is -0.137. The van der Waals surface area contributed by atoms with Gasteiger partial charge in [-0.15, -0.1) is 0 Å². The van der Waals surface area contributed by atoms with Crippen molar-refractivity contribution in [2.75, 3.05) is 6.54 Å². The molecule has 0 bridgehead atoms. The fourth-order valence-electron chi connectivity index (χ4n) is 4.39. The summed E-state index contributed by atoms with van der Waals surface area (Å²) in [7, 11) is 0. The number of nitrogens with two attached hydrogens (primary N) is 1. The van der Waals surface area contributed by atoms with Crippen molar-refractivity contribution in [3.05, 3.63) is 95.4 Å². The normalized spacial score (nSPS) is 16.4. The number of likely N-dealkylation sites (tertiary alicyclic amines) is 1. The minimum absolute atomic E-state index is 0.155. The van der Waals surface area contributed by atoms with Gasteiger partial charge in [0, 0.05) is 12.5 Å². The fraction of sp³-hybridized carbons (Fsp3) is 0.269. The summed E-state index contributed by atoms with van der Waals surface area (Å²) < 4.78 is 5.31. The average Bonchev–Trinajstić information content (AvgIpc) is 3.53. The Morgan fingerprint density at radius 1 is 1.06 bits per heavy atom. The van der Waals surface area contributed by atoms with Gasteiger partial charge in [0.15, 0.2) is 0 Å². The van der Waals surface area contributed by atoms with Crippen molar-refractivity contribution in [3.63, 3.8) is 0 Å². The summed E-state index contributed by atoms with van der Waals surface area (Å²) in [5.41, 5.74) is 8.49. The Morgan fingerprint density at radius 2 is 1.70 bits per heavy atom. The van der Waals surface area contributed by atoms with E-state index in [0.717, 1.165) is 17.5 Å². The Labute approximate surface area is 192 Å². The summed E-state index contributed by atoms with van der Waals surface area (Å²) in [4.78, 5) is 28.0. The van der Waals surface area contributed by atoms with Gasteiger partial charge in [-0.05, 0) is 36.1 Å². The lowest BCUT2D eigenvalue weighted by atomic mass is 9.84. The molecule has 0 radical (unpaired) electrons. The molecule has 2 aromatic carbocycles. The molecule has 1 saturated heterocycles. The lowest BCUT2D eigenvalue weighted by molar-refractivity contribution is -0.139. The first kappa shape index (κ1) is 22.3. The van der Waals surface area contributed by atoms with Gasteiger partial charge in [0.1, 0.15) is 17.9 Å². The van der Waals surface area contributed by atoms with Crippen molar-refractivity contribution < 1.29 is 14.0 Å². The van der Waals surface area contributed by atoms with E-state index in [1.807, 2.05) is 66.7 Å². The van der Waals surface area contributed by atoms with E-state index in [9.17, 15) is 9.59 Å². The van der Waals surface area contributed by atoms with Crippen molar-refractivity contribution in [1.82, 2.24) is 10.2 Å². The second-order valence-corrected chi connectivity index (χ2v) is 8.11. The van der Waals surface area contributed by atoms with Crippen LogP contribution in [0.2, 0.25) is 0 Å². The summed E-state index contributed by atoms with van der Waals surface area (Å²) in [6.45, 7) is 0.641. The number of rotatable bonds is 7.